The third kappa shape index (κ3) is 3.32. The summed E-state index contributed by atoms with van der Waals surface area (Å²) in [6, 6.07) is 4.62. The van der Waals surface area contributed by atoms with Gasteiger partial charge in [0.1, 0.15) is 23.1 Å². The van der Waals surface area contributed by atoms with Crippen molar-refractivity contribution in [1.82, 2.24) is 4.57 Å². The van der Waals surface area contributed by atoms with Crippen molar-refractivity contribution in [1.29, 1.82) is 0 Å². The van der Waals surface area contributed by atoms with E-state index in [1.54, 1.807) is 13.0 Å². The van der Waals surface area contributed by atoms with Gasteiger partial charge in [0.2, 0.25) is 5.91 Å². The number of ether oxygens (including phenoxy) is 1. The Balaban J connectivity index is 2.01. The van der Waals surface area contributed by atoms with E-state index < -0.39 is 29.2 Å². The van der Waals surface area contributed by atoms with Crippen LogP contribution in [-0.2, 0) is 11.3 Å². The standard InChI is InChI=1S/C19H20F2N2O4/c1-11-13(18-14(20)8-12(27-2)9-15(18)21)10-17(25)23(11)16-4-3-5-22(6-7-24)19(16)26/h3-5,8-9,11,13,24H,6-7,10H2,1-2H3/t11-,13-/m0/s1. The van der Waals surface area contributed by atoms with Crippen LogP contribution in [0.1, 0.15) is 24.8 Å². The number of halogens is 2. The molecule has 1 aliphatic rings. The van der Waals surface area contributed by atoms with Crippen molar-refractivity contribution in [3.8, 4) is 5.75 Å². The van der Waals surface area contributed by atoms with Gasteiger partial charge in [0.05, 0.1) is 13.7 Å². The Kier molecular flexibility index (Phi) is 5.27. The summed E-state index contributed by atoms with van der Waals surface area (Å²) >= 11 is 0. The first kappa shape index (κ1) is 19.0. The van der Waals surface area contributed by atoms with Gasteiger partial charge in [0, 0.05) is 48.8 Å². The van der Waals surface area contributed by atoms with Crippen LogP contribution < -0.4 is 15.2 Å². The number of pyridine rings is 1. The second-order valence-corrected chi connectivity index (χ2v) is 6.44. The second-order valence-electron chi connectivity index (χ2n) is 6.44. The Morgan fingerprint density at radius 3 is 2.52 bits per heavy atom. The molecule has 1 aromatic heterocycles. The van der Waals surface area contributed by atoms with Crippen LogP contribution in [0.4, 0.5) is 14.5 Å². The molecule has 1 aromatic carbocycles. The number of aliphatic hydroxyl groups excluding tert-OH is 1. The molecule has 6 nitrogen and oxygen atoms in total. The highest BCUT2D eigenvalue weighted by atomic mass is 19.1. The summed E-state index contributed by atoms with van der Waals surface area (Å²) in [6.07, 6.45) is 1.39. The number of hydrogen-bond donors (Lipinski definition) is 1. The van der Waals surface area contributed by atoms with Crippen molar-refractivity contribution in [2.24, 2.45) is 0 Å². The second kappa shape index (κ2) is 7.48. The van der Waals surface area contributed by atoms with Crippen LogP contribution in [0.5, 0.6) is 5.75 Å². The van der Waals surface area contributed by atoms with Crippen molar-refractivity contribution in [2.75, 3.05) is 18.6 Å². The molecule has 8 heteroatoms. The largest absolute Gasteiger partial charge is 0.497 e. The van der Waals surface area contributed by atoms with Crippen molar-refractivity contribution < 1.29 is 23.4 Å². The van der Waals surface area contributed by atoms with E-state index in [0.29, 0.717) is 0 Å². The van der Waals surface area contributed by atoms with Crippen LogP contribution in [0.25, 0.3) is 0 Å². The molecule has 2 heterocycles. The van der Waals surface area contributed by atoms with Gasteiger partial charge < -0.3 is 19.3 Å². The first-order valence-electron chi connectivity index (χ1n) is 8.54. The molecule has 1 amide bonds. The molecule has 1 saturated heterocycles. The molecule has 1 N–H and O–H groups in total. The maximum atomic E-state index is 14.5. The summed E-state index contributed by atoms with van der Waals surface area (Å²) in [4.78, 5) is 26.5. The molecule has 0 saturated carbocycles. The molecular formula is C19H20F2N2O4. The predicted molar refractivity (Wildman–Crippen MR) is 95.0 cm³/mol. The molecule has 0 unspecified atom stereocenters. The maximum Gasteiger partial charge on any atom is 0.274 e. The van der Waals surface area contributed by atoms with Crippen molar-refractivity contribution in [2.45, 2.75) is 31.8 Å². The number of carbonyl (C=O) groups excluding carboxylic acids is 1. The third-order valence-electron chi connectivity index (χ3n) is 4.91. The van der Waals surface area contributed by atoms with Crippen molar-refractivity contribution in [3.05, 3.63) is 58.0 Å². The van der Waals surface area contributed by atoms with Gasteiger partial charge in [-0.05, 0) is 19.1 Å². The van der Waals surface area contributed by atoms with Crippen LogP contribution in [0, 0.1) is 11.6 Å². The molecule has 0 radical (unpaired) electrons. The fourth-order valence-corrected chi connectivity index (χ4v) is 3.59. The maximum absolute atomic E-state index is 14.5. The van der Waals surface area contributed by atoms with Crippen molar-refractivity contribution >= 4 is 11.6 Å². The van der Waals surface area contributed by atoms with Gasteiger partial charge in [0.15, 0.2) is 0 Å². The van der Waals surface area contributed by atoms with Crippen LogP contribution in [0.3, 0.4) is 0 Å². The number of nitrogens with zero attached hydrogens (tertiary/aromatic N) is 2. The molecule has 1 fully saturated rings. The van der Waals surface area contributed by atoms with E-state index in [2.05, 4.69) is 0 Å². The van der Waals surface area contributed by atoms with Crippen LogP contribution in [0.2, 0.25) is 0 Å². The quantitative estimate of drug-likeness (QED) is 0.864. The third-order valence-corrected chi connectivity index (χ3v) is 4.91. The molecule has 27 heavy (non-hydrogen) atoms. The Bertz CT molecular complexity index is 905. The number of amides is 1. The number of rotatable bonds is 5. The monoisotopic (exact) mass is 378 g/mol. The van der Waals surface area contributed by atoms with E-state index in [0.717, 1.165) is 12.1 Å². The Hall–Kier alpha value is -2.74. The molecule has 3 rings (SSSR count). The first-order chi connectivity index (χ1) is 12.9. The van der Waals surface area contributed by atoms with Crippen LogP contribution >= 0.6 is 0 Å². The SMILES string of the molecule is COc1cc(F)c([C@H]2CC(=O)N(c3cccn(CCO)c3=O)[C@H]2C)c(F)c1. The number of hydrogen-bond acceptors (Lipinski definition) is 4. The smallest absolute Gasteiger partial charge is 0.274 e. The average Bonchev–Trinajstić information content (AvgIpc) is 2.91. The lowest BCUT2D eigenvalue weighted by molar-refractivity contribution is -0.117. The summed E-state index contributed by atoms with van der Waals surface area (Å²) in [6.45, 7) is 1.52. The zero-order chi connectivity index (χ0) is 19.7. The van der Waals surface area contributed by atoms with Crippen LogP contribution in [-0.4, -0.2) is 35.3 Å². The van der Waals surface area contributed by atoms with Gasteiger partial charge in [-0.1, -0.05) is 0 Å². The van der Waals surface area contributed by atoms with Gasteiger partial charge in [-0.25, -0.2) is 8.78 Å². The molecule has 144 valence electrons. The first-order valence-corrected chi connectivity index (χ1v) is 8.54. The van der Waals surface area contributed by atoms with Gasteiger partial charge in [0.25, 0.3) is 5.56 Å². The number of benzene rings is 1. The van der Waals surface area contributed by atoms with E-state index in [-0.39, 0.29) is 42.5 Å². The molecule has 0 spiro atoms. The summed E-state index contributed by atoms with van der Waals surface area (Å²) in [7, 11) is 1.31. The fraction of sp³-hybridized carbons (Fsp3) is 0.368. The Labute approximate surface area is 154 Å². The Morgan fingerprint density at radius 1 is 1.26 bits per heavy atom. The lowest BCUT2D eigenvalue weighted by Gasteiger charge is -2.25. The average molecular weight is 378 g/mol. The van der Waals surface area contributed by atoms with E-state index >= 15 is 0 Å². The van der Waals surface area contributed by atoms with E-state index in [4.69, 9.17) is 9.84 Å². The molecule has 2 aromatic rings. The molecule has 2 atom stereocenters. The highest BCUT2D eigenvalue weighted by Crippen LogP contribution is 2.39. The van der Waals surface area contributed by atoms with Gasteiger partial charge >= 0.3 is 0 Å². The molecule has 0 bridgehead atoms. The number of aromatic nitrogens is 1. The van der Waals surface area contributed by atoms with E-state index in [9.17, 15) is 18.4 Å². The lowest BCUT2D eigenvalue weighted by Crippen LogP contribution is -2.38. The summed E-state index contributed by atoms with van der Waals surface area (Å²) in [5.74, 6) is -2.65. The zero-order valence-corrected chi connectivity index (χ0v) is 15.0. The number of methoxy groups -OCH3 is 1. The lowest BCUT2D eigenvalue weighted by atomic mass is 9.91. The number of carbonyl (C=O) groups is 1. The van der Waals surface area contributed by atoms with Gasteiger partial charge in [-0.15, -0.1) is 0 Å². The van der Waals surface area contributed by atoms with E-state index in [1.807, 2.05) is 0 Å². The number of aliphatic hydroxyl groups is 1. The molecular weight excluding hydrogens is 358 g/mol. The van der Waals surface area contributed by atoms with E-state index in [1.165, 1.54) is 28.8 Å². The minimum absolute atomic E-state index is 0.0533. The summed E-state index contributed by atoms with van der Waals surface area (Å²) in [5.41, 5.74) is -0.505. The van der Waals surface area contributed by atoms with Gasteiger partial charge in [-0.2, -0.15) is 0 Å². The highest BCUT2D eigenvalue weighted by Gasteiger charge is 2.42. The van der Waals surface area contributed by atoms with Crippen LogP contribution in [0.15, 0.2) is 35.3 Å². The highest BCUT2D eigenvalue weighted by molar-refractivity contribution is 5.97. The molecule has 1 aliphatic heterocycles. The fourth-order valence-electron chi connectivity index (χ4n) is 3.59. The normalized spacial score (nSPS) is 19.6. The topological polar surface area (TPSA) is 71.8 Å². The summed E-state index contributed by atoms with van der Waals surface area (Å²) in [5, 5.41) is 9.07. The summed E-state index contributed by atoms with van der Waals surface area (Å²) < 4.78 is 35.1. The minimum atomic E-state index is -0.788. The zero-order valence-electron chi connectivity index (χ0n) is 15.0. The molecule has 0 aliphatic carbocycles. The number of anilines is 1. The van der Waals surface area contributed by atoms with Crippen molar-refractivity contribution in [3.63, 3.8) is 0 Å². The van der Waals surface area contributed by atoms with Gasteiger partial charge in [-0.3, -0.25) is 9.59 Å². The minimum Gasteiger partial charge on any atom is -0.497 e. The Morgan fingerprint density at radius 2 is 1.93 bits per heavy atom. The predicted octanol–water partition coefficient (Wildman–Crippen LogP) is 2.04.